The number of nitrogens with one attached hydrogen (secondary N) is 1. The topological polar surface area (TPSA) is 107 Å². The number of hydrogen-bond donors (Lipinski definition) is 1. The molecular weight excluding hydrogens is 352 g/mol. The molecule has 1 saturated carbocycles. The summed E-state index contributed by atoms with van der Waals surface area (Å²) in [5, 5.41) is 6.74. The second-order valence-corrected chi connectivity index (χ2v) is 6.88. The van der Waals surface area contributed by atoms with Crippen LogP contribution in [0, 0.1) is 5.92 Å². The quantitative estimate of drug-likeness (QED) is 0.773. The third-order valence-electron chi connectivity index (χ3n) is 5.10. The number of amides is 3. The van der Waals surface area contributed by atoms with Gasteiger partial charge in [0.1, 0.15) is 12.1 Å². The van der Waals surface area contributed by atoms with Gasteiger partial charge in [-0.05, 0) is 43.9 Å². The zero-order chi connectivity index (χ0) is 19.2. The molecule has 27 heavy (non-hydrogen) atoms. The Bertz CT molecular complexity index is 907. The smallest absolute Gasteiger partial charge is 0.325 e. The maximum Gasteiger partial charge on any atom is 0.325 e. The van der Waals surface area contributed by atoms with Crippen LogP contribution in [0.25, 0.3) is 11.4 Å². The summed E-state index contributed by atoms with van der Waals surface area (Å²) < 4.78 is 15.7. The van der Waals surface area contributed by atoms with Crippen molar-refractivity contribution in [3.63, 3.8) is 0 Å². The molecule has 1 aliphatic heterocycles. The number of carbonyl (C=O) groups excluding carboxylic acids is 2. The molecule has 4 rings (SSSR count). The molecule has 1 aliphatic carbocycles. The summed E-state index contributed by atoms with van der Waals surface area (Å²) in [7, 11) is 3.09. The van der Waals surface area contributed by atoms with Crippen LogP contribution in [0.15, 0.2) is 22.7 Å². The zero-order valence-corrected chi connectivity index (χ0v) is 15.3. The Hall–Kier alpha value is -3.10. The van der Waals surface area contributed by atoms with Crippen LogP contribution in [0.5, 0.6) is 11.5 Å². The van der Waals surface area contributed by atoms with E-state index in [9.17, 15) is 9.59 Å². The van der Waals surface area contributed by atoms with E-state index < -0.39 is 11.6 Å². The van der Waals surface area contributed by atoms with Crippen LogP contribution in [-0.4, -0.2) is 46.7 Å². The summed E-state index contributed by atoms with van der Waals surface area (Å²) >= 11 is 0. The highest BCUT2D eigenvalue weighted by Gasteiger charge is 2.56. The van der Waals surface area contributed by atoms with Crippen molar-refractivity contribution in [2.45, 2.75) is 31.8 Å². The van der Waals surface area contributed by atoms with Crippen LogP contribution in [0.1, 0.15) is 25.7 Å². The first kappa shape index (κ1) is 17.3. The number of hydrogen-bond acceptors (Lipinski definition) is 7. The van der Waals surface area contributed by atoms with Crippen molar-refractivity contribution in [3.8, 4) is 22.9 Å². The molecule has 1 aromatic heterocycles. The Morgan fingerprint density at radius 2 is 2.00 bits per heavy atom. The van der Waals surface area contributed by atoms with Crippen LogP contribution in [-0.2, 0) is 11.3 Å². The van der Waals surface area contributed by atoms with Crippen LogP contribution in [0.2, 0.25) is 0 Å². The highest BCUT2D eigenvalue weighted by atomic mass is 16.5. The summed E-state index contributed by atoms with van der Waals surface area (Å²) in [5.74, 6) is 1.59. The van der Waals surface area contributed by atoms with Gasteiger partial charge in [0.05, 0.1) is 14.2 Å². The molecule has 0 bridgehead atoms. The molecule has 1 N–H and O–H groups in total. The number of imide groups is 1. The normalized spacial score (nSPS) is 22.1. The lowest BCUT2D eigenvalue weighted by atomic mass is 9.96. The van der Waals surface area contributed by atoms with Gasteiger partial charge < -0.3 is 19.3 Å². The molecule has 3 amide bonds. The number of rotatable bonds is 6. The standard InChI is InChI=1S/C18H20N4O5/c1-18(11-5-6-11)16(23)22(17(24)20-18)9-14-19-15(21-27-14)10-4-7-12(25-2)13(8-10)26-3/h4,7-8,11H,5-6,9H2,1-3H3,(H,20,24). The molecule has 9 nitrogen and oxygen atoms in total. The Balaban J connectivity index is 1.53. The Morgan fingerprint density at radius 3 is 2.67 bits per heavy atom. The first-order valence-electron chi connectivity index (χ1n) is 8.65. The predicted molar refractivity (Wildman–Crippen MR) is 93.0 cm³/mol. The number of benzene rings is 1. The minimum absolute atomic E-state index is 0.0622. The highest BCUT2D eigenvalue weighted by molar-refractivity contribution is 6.07. The van der Waals surface area contributed by atoms with Gasteiger partial charge in [-0.3, -0.25) is 9.69 Å². The van der Waals surface area contributed by atoms with E-state index in [0.717, 1.165) is 17.7 Å². The summed E-state index contributed by atoms with van der Waals surface area (Å²) in [6.45, 7) is 1.71. The highest BCUT2D eigenvalue weighted by Crippen LogP contribution is 2.42. The average molecular weight is 372 g/mol. The van der Waals surface area contributed by atoms with Gasteiger partial charge in [0.25, 0.3) is 5.91 Å². The average Bonchev–Trinajstić information content (AvgIpc) is 3.39. The van der Waals surface area contributed by atoms with E-state index in [-0.39, 0.29) is 24.3 Å². The fraction of sp³-hybridized carbons (Fsp3) is 0.444. The molecule has 142 valence electrons. The lowest BCUT2D eigenvalue weighted by Crippen LogP contribution is -2.46. The molecule has 2 aromatic rings. The van der Waals surface area contributed by atoms with Gasteiger partial charge in [-0.1, -0.05) is 5.16 Å². The third-order valence-corrected chi connectivity index (χ3v) is 5.10. The van der Waals surface area contributed by atoms with Crippen LogP contribution < -0.4 is 14.8 Å². The van der Waals surface area contributed by atoms with Crippen molar-refractivity contribution in [2.75, 3.05) is 14.2 Å². The van der Waals surface area contributed by atoms with Crippen LogP contribution in [0.3, 0.4) is 0 Å². The molecule has 2 heterocycles. The van der Waals surface area contributed by atoms with Crippen molar-refractivity contribution in [1.82, 2.24) is 20.4 Å². The SMILES string of the molecule is COc1ccc(-c2noc(CN3C(=O)NC(C)(C4CC4)C3=O)n2)cc1OC. The van der Waals surface area contributed by atoms with Gasteiger partial charge in [-0.15, -0.1) is 0 Å². The molecule has 1 unspecified atom stereocenters. The second kappa shape index (κ2) is 6.26. The zero-order valence-electron chi connectivity index (χ0n) is 15.3. The van der Waals surface area contributed by atoms with Gasteiger partial charge in [0, 0.05) is 5.56 Å². The van der Waals surface area contributed by atoms with E-state index in [4.69, 9.17) is 14.0 Å². The molecule has 2 fully saturated rings. The molecule has 1 saturated heterocycles. The Labute approximate surface area is 155 Å². The van der Waals surface area contributed by atoms with E-state index in [1.54, 1.807) is 32.2 Å². The van der Waals surface area contributed by atoms with E-state index in [1.165, 1.54) is 7.11 Å². The molecule has 2 aliphatic rings. The molecule has 0 radical (unpaired) electrons. The number of methoxy groups -OCH3 is 2. The van der Waals surface area contributed by atoms with E-state index in [1.807, 2.05) is 0 Å². The van der Waals surface area contributed by atoms with Crippen molar-refractivity contribution >= 4 is 11.9 Å². The van der Waals surface area contributed by atoms with E-state index in [0.29, 0.717) is 22.9 Å². The van der Waals surface area contributed by atoms with E-state index >= 15 is 0 Å². The molecule has 1 aromatic carbocycles. The van der Waals surface area contributed by atoms with E-state index in [2.05, 4.69) is 15.5 Å². The third kappa shape index (κ3) is 2.88. The van der Waals surface area contributed by atoms with Gasteiger partial charge >= 0.3 is 6.03 Å². The van der Waals surface area contributed by atoms with Gasteiger partial charge in [-0.25, -0.2) is 4.79 Å². The molecule has 0 spiro atoms. The van der Waals surface area contributed by atoms with Crippen LogP contribution in [0.4, 0.5) is 4.79 Å². The lowest BCUT2D eigenvalue weighted by Gasteiger charge is -2.20. The molecule has 1 atom stereocenters. The van der Waals surface area contributed by atoms with Gasteiger partial charge in [0.2, 0.25) is 11.7 Å². The first-order chi connectivity index (χ1) is 13.0. The molecular formula is C18H20N4O5. The number of carbonyl (C=O) groups is 2. The monoisotopic (exact) mass is 372 g/mol. The lowest BCUT2D eigenvalue weighted by molar-refractivity contribution is -0.132. The number of aromatic nitrogens is 2. The maximum atomic E-state index is 12.7. The summed E-state index contributed by atoms with van der Waals surface area (Å²) in [5.41, 5.74) is -0.161. The van der Waals surface area contributed by atoms with Crippen molar-refractivity contribution in [1.29, 1.82) is 0 Å². The summed E-state index contributed by atoms with van der Waals surface area (Å²) in [6, 6.07) is 4.81. The van der Waals surface area contributed by atoms with Crippen LogP contribution >= 0.6 is 0 Å². The van der Waals surface area contributed by atoms with Crippen molar-refractivity contribution in [2.24, 2.45) is 5.92 Å². The van der Waals surface area contributed by atoms with Gasteiger partial charge in [0.15, 0.2) is 11.5 Å². The second-order valence-electron chi connectivity index (χ2n) is 6.88. The summed E-state index contributed by atoms with van der Waals surface area (Å²) in [6.07, 6.45) is 1.89. The number of urea groups is 1. The fourth-order valence-electron chi connectivity index (χ4n) is 3.34. The maximum absolute atomic E-state index is 12.7. The predicted octanol–water partition coefficient (Wildman–Crippen LogP) is 1.97. The fourth-order valence-corrected chi connectivity index (χ4v) is 3.34. The van der Waals surface area contributed by atoms with Gasteiger partial charge in [-0.2, -0.15) is 4.98 Å². The number of nitrogens with zero attached hydrogens (tertiary/aromatic N) is 3. The molecule has 9 heteroatoms. The van der Waals surface area contributed by atoms with Crippen molar-refractivity contribution in [3.05, 3.63) is 24.1 Å². The van der Waals surface area contributed by atoms with Crippen molar-refractivity contribution < 1.29 is 23.6 Å². The summed E-state index contributed by atoms with van der Waals surface area (Å²) in [4.78, 5) is 30.4. The first-order valence-corrected chi connectivity index (χ1v) is 8.65. The number of ether oxygens (including phenoxy) is 2. The minimum atomic E-state index is -0.830. The Morgan fingerprint density at radius 1 is 1.26 bits per heavy atom. The largest absolute Gasteiger partial charge is 0.493 e. The Kier molecular flexibility index (Phi) is 4.01. The minimum Gasteiger partial charge on any atom is -0.493 e.